The molecule has 0 atom stereocenters. The van der Waals surface area contributed by atoms with Crippen LogP contribution in [0.2, 0.25) is 0 Å². The molecule has 0 aliphatic heterocycles. The average molecular weight is 340 g/mol. The number of carbonyl (C=O) groups excluding carboxylic acids is 2. The van der Waals surface area contributed by atoms with Gasteiger partial charge in [-0.2, -0.15) is 0 Å². The maximum absolute atomic E-state index is 13.1. The van der Waals surface area contributed by atoms with Gasteiger partial charge in [0.05, 0.1) is 6.54 Å². The normalized spacial score (nSPS) is 10.7. The van der Waals surface area contributed by atoms with Crippen LogP contribution >= 0.6 is 0 Å². The minimum Gasteiger partial charge on any atom is -0.333 e. The Hall–Kier alpha value is -2.95. The zero-order valence-electron chi connectivity index (χ0n) is 14.3. The molecule has 2 rings (SSSR count). The van der Waals surface area contributed by atoms with Crippen molar-refractivity contribution >= 4 is 23.6 Å². The second kappa shape index (κ2) is 8.78. The van der Waals surface area contributed by atoms with Gasteiger partial charge in [0.15, 0.2) is 0 Å². The molecule has 25 heavy (non-hydrogen) atoms. The lowest BCUT2D eigenvalue weighted by atomic mass is 10.1. The van der Waals surface area contributed by atoms with Crippen molar-refractivity contribution in [3.05, 3.63) is 71.6 Å². The number of para-hydroxylation sites is 1. The summed E-state index contributed by atoms with van der Waals surface area (Å²) < 4.78 is 13.1. The number of hydrogen-bond acceptors (Lipinski definition) is 2. The summed E-state index contributed by atoms with van der Waals surface area (Å²) in [5.74, 6) is -0.962. The van der Waals surface area contributed by atoms with E-state index >= 15 is 0 Å². The highest BCUT2D eigenvalue weighted by atomic mass is 19.1. The van der Waals surface area contributed by atoms with E-state index in [1.54, 1.807) is 19.2 Å². The monoisotopic (exact) mass is 340 g/mol. The van der Waals surface area contributed by atoms with Crippen LogP contribution in [0.3, 0.4) is 0 Å². The molecule has 2 aromatic rings. The molecule has 130 valence electrons. The van der Waals surface area contributed by atoms with E-state index in [0.717, 1.165) is 17.7 Å². The van der Waals surface area contributed by atoms with Gasteiger partial charge in [0.1, 0.15) is 5.82 Å². The second-order valence-electron chi connectivity index (χ2n) is 5.64. The molecule has 0 aromatic heterocycles. The Bertz CT molecular complexity index is 787. The van der Waals surface area contributed by atoms with E-state index < -0.39 is 0 Å². The molecule has 0 heterocycles. The average Bonchev–Trinajstić information content (AvgIpc) is 2.60. The number of aryl methyl sites for hydroxylation is 1. The number of likely N-dealkylation sites (N-methyl/N-ethyl adjacent to an activating group) is 1. The van der Waals surface area contributed by atoms with Gasteiger partial charge in [-0.1, -0.05) is 37.3 Å². The molecule has 0 fully saturated rings. The van der Waals surface area contributed by atoms with Crippen molar-refractivity contribution in [1.82, 2.24) is 4.90 Å². The van der Waals surface area contributed by atoms with E-state index in [4.69, 9.17) is 0 Å². The Morgan fingerprint density at radius 2 is 1.92 bits per heavy atom. The van der Waals surface area contributed by atoms with E-state index in [-0.39, 0.29) is 24.2 Å². The quantitative estimate of drug-likeness (QED) is 0.818. The van der Waals surface area contributed by atoms with Gasteiger partial charge in [0, 0.05) is 18.8 Å². The summed E-state index contributed by atoms with van der Waals surface area (Å²) in [4.78, 5) is 25.5. The van der Waals surface area contributed by atoms with Crippen LogP contribution < -0.4 is 5.32 Å². The fourth-order valence-electron chi connectivity index (χ4n) is 2.34. The number of halogens is 1. The molecular weight excluding hydrogens is 319 g/mol. The van der Waals surface area contributed by atoms with Crippen LogP contribution in [0.5, 0.6) is 0 Å². The zero-order chi connectivity index (χ0) is 18.2. The molecule has 4 nitrogen and oxygen atoms in total. The lowest BCUT2D eigenvalue weighted by molar-refractivity contribution is -0.129. The first-order valence-corrected chi connectivity index (χ1v) is 8.06. The molecule has 0 aliphatic rings. The van der Waals surface area contributed by atoms with Gasteiger partial charge in [-0.05, 0) is 41.8 Å². The molecule has 0 bridgehead atoms. The number of rotatable bonds is 6. The van der Waals surface area contributed by atoms with Crippen molar-refractivity contribution in [3.8, 4) is 0 Å². The Kier molecular flexibility index (Phi) is 6.46. The van der Waals surface area contributed by atoms with Crippen LogP contribution in [0.4, 0.5) is 10.1 Å². The first kappa shape index (κ1) is 18.4. The first-order chi connectivity index (χ1) is 12.0. The number of hydrogen-bond donors (Lipinski definition) is 1. The van der Waals surface area contributed by atoms with Crippen molar-refractivity contribution in [3.63, 3.8) is 0 Å². The summed E-state index contributed by atoms with van der Waals surface area (Å²) in [6.07, 6.45) is 3.65. The number of carbonyl (C=O) groups is 2. The summed E-state index contributed by atoms with van der Waals surface area (Å²) in [7, 11) is 1.55. The number of anilines is 1. The van der Waals surface area contributed by atoms with Crippen molar-refractivity contribution in [1.29, 1.82) is 0 Å². The molecule has 5 heteroatoms. The predicted octanol–water partition coefficient (Wildman–Crippen LogP) is 3.50. The van der Waals surface area contributed by atoms with Crippen molar-refractivity contribution < 1.29 is 14.0 Å². The largest absolute Gasteiger partial charge is 0.333 e. The molecular formula is C20H21FN2O2. The summed E-state index contributed by atoms with van der Waals surface area (Å²) >= 11 is 0. The van der Waals surface area contributed by atoms with Crippen molar-refractivity contribution in [2.24, 2.45) is 0 Å². The third-order valence-corrected chi connectivity index (χ3v) is 3.70. The number of nitrogens with one attached hydrogen (secondary N) is 1. The minimum absolute atomic E-state index is 0.0651. The van der Waals surface area contributed by atoms with Crippen LogP contribution in [0, 0.1) is 5.82 Å². The minimum atomic E-state index is -0.364. The van der Waals surface area contributed by atoms with E-state index in [1.165, 1.54) is 29.2 Å². The van der Waals surface area contributed by atoms with E-state index in [1.807, 2.05) is 31.2 Å². The van der Waals surface area contributed by atoms with Crippen LogP contribution in [0.25, 0.3) is 6.08 Å². The lowest BCUT2D eigenvalue weighted by Gasteiger charge is -2.16. The molecule has 0 spiro atoms. The number of amides is 2. The van der Waals surface area contributed by atoms with Gasteiger partial charge >= 0.3 is 0 Å². The van der Waals surface area contributed by atoms with Gasteiger partial charge in [-0.15, -0.1) is 0 Å². The topological polar surface area (TPSA) is 49.4 Å². The highest BCUT2D eigenvalue weighted by Crippen LogP contribution is 2.15. The smallest absolute Gasteiger partial charge is 0.246 e. The van der Waals surface area contributed by atoms with Crippen LogP contribution in [-0.2, 0) is 16.0 Å². The fourth-order valence-corrected chi connectivity index (χ4v) is 2.34. The molecule has 2 aromatic carbocycles. The summed E-state index contributed by atoms with van der Waals surface area (Å²) in [6.45, 7) is 1.95. The van der Waals surface area contributed by atoms with Gasteiger partial charge in [-0.25, -0.2) is 4.39 Å². The molecule has 0 saturated carbocycles. The molecule has 0 aliphatic carbocycles. The van der Waals surface area contributed by atoms with Crippen molar-refractivity contribution in [2.75, 3.05) is 18.9 Å². The summed E-state index contributed by atoms with van der Waals surface area (Å²) in [5, 5.41) is 2.82. The molecule has 0 saturated heterocycles. The molecule has 0 radical (unpaired) electrons. The Labute approximate surface area is 147 Å². The maximum Gasteiger partial charge on any atom is 0.246 e. The van der Waals surface area contributed by atoms with Gasteiger partial charge < -0.3 is 10.2 Å². The van der Waals surface area contributed by atoms with Gasteiger partial charge in [0.2, 0.25) is 11.8 Å². The standard InChI is InChI=1S/C20H21FN2O2/c1-3-16-8-4-5-10-18(16)22-19(24)14-23(2)20(25)12-11-15-7-6-9-17(21)13-15/h4-13H,3,14H2,1-2H3,(H,22,24)/b12-11+. The third-order valence-electron chi connectivity index (χ3n) is 3.70. The molecule has 1 N–H and O–H groups in total. The predicted molar refractivity (Wildman–Crippen MR) is 97.5 cm³/mol. The number of nitrogens with zero attached hydrogens (tertiary/aromatic N) is 1. The fraction of sp³-hybridized carbons (Fsp3) is 0.200. The Morgan fingerprint density at radius 3 is 2.64 bits per heavy atom. The molecule has 2 amide bonds. The maximum atomic E-state index is 13.1. The molecule has 0 unspecified atom stereocenters. The Balaban J connectivity index is 1.93. The highest BCUT2D eigenvalue weighted by Gasteiger charge is 2.11. The van der Waals surface area contributed by atoms with E-state index in [0.29, 0.717) is 5.56 Å². The van der Waals surface area contributed by atoms with E-state index in [2.05, 4.69) is 5.32 Å². The van der Waals surface area contributed by atoms with Crippen LogP contribution in [0.15, 0.2) is 54.6 Å². The zero-order valence-corrected chi connectivity index (χ0v) is 14.3. The summed E-state index contributed by atoms with van der Waals surface area (Å²) in [6, 6.07) is 13.5. The lowest BCUT2D eigenvalue weighted by Crippen LogP contribution is -2.34. The van der Waals surface area contributed by atoms with Crippen molar-refractivity contribution in [2.45, 2.75) is 13.3 Å². The van der Waals surface area contributed by atoms with Gasteiger partial charge in [0.25, 0.3) is 0 Å². The second-order valence-corrected chi connectivity index (χ2v) is 5.64. The Morgan fingerprint density at radius 1 is 1.16 bits per heavy atom. The van der Waals surface area contributed by atoms with Crippen LogP contribution in [0.1, 0.15) is 18.1 Å². The third kappa shape index (κ3) is 5.57. The van der Waals surface area contributed by atoms with Crippen LogP contribution in [-0.4, -0.2) is 30.3 Å². The highest BCUT2D eigenvalue weighted by molar-refractivity contribution is 5.98. The van der Waals surface area contributed by atoms with E-state index in [9.17, 15) is 14.0 Å². The SMILES string of the molecule is CCc1ccccc1NC(=O)CN(C)C(=O)/C=C/c1cccc(F)c1. The number of benzene rings is 2. The first-order valence-electron chi connectivity index (χ1n) is 8.06. The summed E-state index contributed by atoms with van der Waals surface area (Å²) in [5.41, 5.74) is 2.38. The van der Waals surface area contributed by atoms with Gasteiger partial charge in [-0.3, -0.25) is 9.59 Å².